The van der Waals surface area contributed by atoms with Gasteiger partial charge >= 0.3 is 0 Å². The van der Waals surface area contributed by atoms with Crippen molar-refractivity contribution in [3.8, 4) is 11.3 Å². The minimum absolute atomic E-state index is 0.213. The molecule has 2 aromatic carbocycles. The van der Waals surface area contributed by atoms with E-state index in [0.717, 1.165) is 17.3 Å². The Balaban J connectivity index is 1.82. The van der Waals surface area contributed by atoms with Crippen LogP contribution in [0.25, 0.3) is 11.3 Å². The lowest BCUT2D eigenvalue weighted by atomic mass is 9.67. The summed E-state index contributed by atoms with van der Waals surface area (Å²) < 4.78 is 27.9. The van der Waals surface area contributed by atoms with Gasteiger partial charge in [0.25, 0.3) is 0 Å². The van der Waals surface area contributed by atoms with Gasteiger partial charge in [0.2, 0.25) is 0 Å². The number of nitrogens with zero attached hydrogens (tertiary/aromatic N) is 1. The van der Waals surface area contributed by atoms with Gasteiger partial charge in [-0.2, -0.15) is 0 Å². The van der Waals surface area contributed by atoms with E-state index in [1.165, 1.54) is 17.7 Å². The van der Waals surface area contributed by atoms with Crippen LogP contribution >= 0.6 is 0 Å². The SMILES string of the molecule is CC(C)C1=CC=CC(C(C)C)C1(C)NC(c1ccccc1)c1cccc(-c2cc(F)cc(F)c2)n1. The van der Waals surface area contributed by atoms with Gasteiger partial charge in [-0.1, -0.05) is 82.3 Å². The second-order valence-electron chi connectivity index (χ2n) is 10.2. The van der Waals surface area contributed by atoms with Crippen LogP contribution in [0.15, 0.2) is 90.5 Å². The number of halogens is 2. The van der Waals surface area contributed by atoms with Gasteiger partial charge in [-0.3, -0.25) is 10.3 Å². The Labute approximate surface area is 207 Å². The maximum atomic E-state index is 13.9. The van der Waals surface area contributed by atoms with Crippen molar-refractivity contribution in [1.29, 1.82) is 0 Å². The lowest BCUT2D eigenvalue weighted by molar-refractivity contribution is 0.227. The average Bonchev–Trinajstić information content (AvgIpc) is 2.82. The molecule has 0 bridgehead atoms. The summed E-state index contributed by atoms with van der Waals surface area (Å²) in [5.41, 5.74) is 3.90. The molecule has 0 spiro atoms. The predicted octanol–water partition coefficient (Wildman–Crippen LogP) is 7.89. The van der Waals surface area contributed by atoms with Crippen LogP contribution in [0, 0.1) is 29.4 Å². The Hall–Kier alpha value is -3.11. The number of aromatic nitrogens is 1. The Bertz CT molecular complexity index is 1210. The third-order valence-electron chi connectivity index (χ3n) is 7.00. The number of allylic oxidation sites excluding steroid dienone is 2. The van der Waals surface area contributed by atoms with Crippen molar-refractivity contribution < 1.29 is 8.78 Å². The van der Waals surface area contributed by atoms with Crippen molar-refractivity contribution in [2.75, 3.05) is 0 Å². The minimum Gasteiger partial charge on any atom is -0.295 e. The molecule has 0 radical (unpaired) electrons. The largest absolute Gasteiger partial charge is 0.295 e. The molecule has 0 saturated carbocycles. The standard InChI is InChI=1S/C31H34F2N2/c1-20(2)26-13-9-14-27(21(3)4)31(26,5)35-30(22-11-7-6-8-12-22)29-16-10-15-28(34-29)23-17-24(32)19-25(33)18-23/h6-21,26,30,35H,1-5H3. The zero-order valence-corrected chi connectivity index (χ0v) is 21.1. The van der Waals surface area contributed by atoms with Crippen LogP contribution in [0.4, 0.5) is 8.78 Å². The normalized spacial score (nSPS) is 20.8. The lowest BCUT2D eigenvalue weighted by Crippen LogP contribution is -2.54. The van der Waals surface area contributed by atoms with Gasteiger partial charge < -0.3 is 0 Å². The number of hydrogen-bond acceptors (Lipinski definition) is 2. The molecule has 35 heavy (non-hydrogen) atoms. The van der Waals surface area contributed by atoms with E-state index in [0.29, 0.717) is 23.1 Å². The van der Waals surface area contributed by atoms with Gasteiger partial charge in [0.15, 0.2) is 0 Å². The van der Waals surface area contributed by atoms with Gasteiger partial charge in [0.05, 0.1) is 17.4 Å². The summed E-state index contributed by atoms with van der Waals surface area (Å²) >= 11 is 0. The first kappa shape index (κ1) is 25.0. The summed E-state index contributed by atoms with van der Waals surface area (Å²) in [6.45, 7) is 11.3. The smallest absolute Gasteiger partial charge is 0.126 e. The lowest BCUT2D eigenvalue weighted by Gasteiger charge is -2.47. The monoisotopic (exact) mass is 472 g/mol. The number of hydrogen-bond donors (Lipinski definition) is 1. The van der Waals surface area contributed by atoms with E-state index in [1.54, 1.807) is 6.07 Å². The van der Waals surface area contributed by atoms with Crippen LogP contribution in [0.2, 0.25) is 0 Å². The van der Waals surface area contributed by atoms with Gasteiger partial charge in [0.1, 0.15) is 11.6 Å². The predicted molar refractivity (Wildman–Crippen MR) is 140 cm³/mol. The molecule has 2 nitrogen and oxygen atoms in total. The van der Waals surface area contributed by atoms with Crippen LogP contribution in [0.1, 0.15) is 51.9 Å². The quantitative estimate of drug-likeness (QED) is 0.378. The van der Waals surface area contributed by atoms with E-state index >= 15 is 0 Å². The van der Waals surface area contributed by atoms with Crippen LogP contribution < -0.4 is 5.32 Å². The van der Waals surface area contributed by atoms with Crippen molar-refractivity contribution in [3.05, 3.63) is 113 Å². The number of pyridine rings is 1. The maximum Gasteiger partial charge on any atom is 0.126 e. The average molecular weight is 473 g/mol. The Morgan fingerprint density at radius 2 is 1.57 bits per heavy atom. The summed E-state index contributed by atoms with van der Waals surface area (Å²) in [5, 5.41) is 4.00. The molecule has 1 aromatic heterocycles. The molecule has 0 amide bonds. The van der Waals surface area contributed by atoms with Crippen LogP contribution in [0.3, 0.4) is 0 Å². The van der Waals surface area contributed by atoms with Gasteiger partial charge in [-0.15, -0.1) is 0 Å². The summed E-state index contributed by atoms with van der Waals surface area (Å²) in [7, 11) is 0. The second kappa shape index (κ2) is 10.2. The summed E-state index contributed by atoms with van der Waals surface area (Å²) in [6, 6.07) is 19.2. The first-order chi connectivity index (χ1) is 16.7. The van der Waals surface area contributed by atoms with Crippen molar-refractivity contribution in [2.45, 2.75) is 46.2 Å². The number of rotatable bonds is 7. The molecule has 4 heteroatoms. The van der Waals surface area contributed by atoms with Crippen LogP contribution in [-0.2, 0) is 0 Å². The molecule has 1 aliphatic rings. The number of nitrogens with one attached hydrogen (secondary N) is 1. The second-order valence-corrected chi connectivity index (χ2v) is 10.2. The first-order valence-electron chi connectivity index (χ1n) is 12.3. The highest BCUT2D eigenvalue weighted by molar-refractivity contribution is 5.59. The van der Waals surface area contributed by atoms with E-state index in [2.05, 4.69) is 70.3 Å². The molecule has 3 atom stereocenters. The van der Waals surface area contributed by atoms with E-state index in [-0.39, 0.29) is 17.5 Å². The molecule has 3 aromatic rings. The Morgan fingerprint density at radius 3 is 2.20 bits per heavy atom. The molecule has 4 rings (SSSR count). The fourth-order valence-corrected chi connectivity index (χ4v) is 5.45. The minimum atomic E-state index is -0.613. The highest BCUT2D eigenvalue weighted by Crippen LogP contribution is 2.41. The van der Waals surface area contributed by atoms with Crippen molar-refractivity contribution in [1.82, 2.24) is 10.3 Å². The third kappa shape index (κ3) is 5.28. The molecule has 0 saturated heterocycles. The molecular formula is C31H34F2N2. The fourth-order valence-electron chi connectivity index (χ4n) is 5.45. The van der Waals surface area contributed by atoms with Crippen molar-refractivity contribution >= 4 is 0 Å². The zero-order valence-electron chi connectivity index (χ0n) is 21.1. The fraction of sp³-hybridized carbons (Fsp3) is 0.323. The van der Waals surface area contributed by atoms with Gasteiger partial charge in [0, 0.05) is 23.1 Å². The van der Waals surface area contributed by atoms with Crippen molar-refractivity contribution in [2.24, 2.45) is 17.8 Å². The Morgan fingerprint density at radius 1 is 0.886 bits per heavy atom. The first-order valence-corrected chi connectivity index (χ1v) is 12.3. The highest BCUT2D eigenvalue weighted by Gasteiger charge is 2.42. The van der Waals surface area contributed by atoms with Crippen molar-refractivity contribution in [3.63, 3.8) is 0 Å². The molecule has 1 N–H and O–H groups in total. The van der Waals surface area contributed by atoms with E-state index < -0.39 is 11.6 Å². The third-order valence-corrected chi connectivity index (χ3v) is 7.00. The number of benzene rings is 2. The van der Waals surface area contributed by atoms with E-state index in [4.69, 9.17) is 4.98 Å². The van der Waals surface area contributed by atoms with E-state index in [1.807, 2.05) is 30.3 Å². The van der Waals surface area contributed by atoms with E-state index in [9.17, 15) is 8.78 Å². The molecule has 182 valence electrons. The molecular weight excluding hydrogens is 438 g/mol. The zero-order chi connectivity index (χ0) is 25.2. The topological polar surface area (TPSA) is 24.9 Å². The molecule has 0 fully saturated rings. The van der Waals surface area contributed by atoms with Gasteiger partial charge in [-0.05, 0) is 54.2 Å². The molecule has 1 aliphatic carbocycles. The van der Waals surface area contributed by atoms with Gasteiger partial charge in [-0.25, -0.2) is 8.78 Å². The molecule has 3 unspecified atom stereocenters. The van der Waals surface area contributed by atoms with Crippen LogP contribution in [0.5, 0.6) is 0 Å². The molecule has 0 aliphatic heterocycles. The summed E-state index contributed by atoms with van der Waals surface area (Å²) in [6.07, 6.45) is 6.71. The maximum absolute atomic E-state index is 13.9. The summed E-state index contributed by atoms with van der Waals surface area (Å²) in [5.74, 6) is -0.144. The summed E-state index contributed by atoms with van der Waals surface area (Å²) in [4.78, 5) is 4.91. The Kier molecular flexibility index (Phi) is 7.32. The van der Waals surface area contributed by atoms with Crippen LogP contribution in [-0.4, -0.2) is 10.5 Å². The molecule has 1 heterocycles. The highest BCUT2D eigenvalue weighted by atomic mass is 19.1.